The van der Waals surface area contributed by atoms with Gasteiger partial charge in [-0.1, -0.05) is 30.3 Å². The van der Waals surface area contributed by atoms with Gasteiger partial charge in [-0.25, -0.2) is 13.6 Å². The predicted molar refractivity (Wildman–Crippen MR) is 132 cm³/mol. The van der Waals surface area contributed by atoms with Gasteiger partial charge in [0.1, 0.15) is 0 Å². The van der Waals surface area contributed by atoms with Gasteiger partial charge in [-0.05, 0) is 62.6 Å². The van der Waals surface area contributed by atoms with Crippen LogP contribution in [0, 0.1) is 13.8 Å². The molecule has 1 aliphatic rings. The fourth-order valence-electron chi connectivity index (χ4n) is 4.62. The van der Waals surface area contributed by atoms with E-state index in [9.17, 15) is 13.2 Å². The summed E-state index contributed by atoms with van der Waals surface area (Å²) in [6.45, 7) is 6.32. The average molecular weight is 482 g/mol. The summed E-state index contributed by atoms with van der Waals surface area (Å²) in [4.78, 5) is 15.7. The summed E-state index contributed by atoms with van der Waals surface area (Å²) in [6.07, 6.45) is 2.23. The van der Waals surface area contributed by atoms with Gasteiger partial charge in [-0.15, -0.1) is 0 Å². The largest absolute Gasteiger partial charge is 0.377 e. The van der Waals surface area contributed by atoms with E-state index in [1.807, 2.05) is 42.7 Å². The van der Waals surface area contributed by atoms with Crippen molar-refractivity contribution in [2.24, 2.45) is 5.14 Å². The molecule has 0 spiro atoms. The highest BCUT2D eigenvalue weighted by Gasteiger charge is 2.24. The third-order valence-electron chi connectivity index (χ3n) is 6.26. The van der Waals surface area contributed by atoms with E-state index in [1.54, 1.807) is 12.1 Å². The topological polar surface area (TPSA) is 94.6 Å². The molecule has 1 aliphatic heterocycles. The second-order valence-electron chi connectivity index (χ2n) is 8.87. The van der Waals surface area contributed by atoms with Crippen LogP contribution < -0.4 is 5.14 Å². The number of sulfonamides is 1. The van der Waals surface area contributed by atoms with Crippen LogP contribution in [0.1, 0.15) is 40.2 Å². The molecule has 0 saturated carbocycles. The van der Waals surface area contributed by atoms with E-state index in [-0.39, 0.29) is 16.8 Å². The molecule has 1 saturated heterocycles. The highest BCUT2D eigenvalue weighted by molar-refractivity contribution is 7.89. The number of nitrogens with two attached hydrogens (primary N) is 1. The van der Waals surface area contributed by atoms with Gasteiger partial charge in [0.25, 0.3) is 0 Å². The molecule has 1 unspecified atom stereocenters. The Bertz CT molecular complexity index is 1250. The van der Waals surface area contributed by atoms with Crippen LogP contribution in [0.2, 0.25) is 0 Å². The molecule has 2 heterocycles. The number of aryl methyl sites for hydroxylation is 1. The molecule has 0 aliphatic carbocycles. The Morgan fingerprint density at radius 2 is 1.82 bits per heavy atom. The molecule has 1 fully saturated rings. The molecular formula is C26H31N3O4S. The third-order valence-corrected chi connectivity index (χ3v) is 7.19. The van der Waals surface area contributed by atoms with Crippen LogP contribution in [0.25, 0.3) is 5.69 Å². The fraction of sp³-hybridized carbons (Fsp3) is 0.346. The Morgan fingerprint density at radius 3 is 2.44 bits per heavy atom. The Morgan fingerprint density at radius 1 is 1.12 bits per heavy atom. The molecule has 0 radical (unpaired) electrons. The van der Waals surface area contributed by atoms with Crippen molar-refractivity contribution in [1.29, 1.82) is 0 Å². The quantitative estimate of drug-likeness (QED) is 0.471. The van der Waals surface area contributed by atoms with E-state index in [0.717, 1.165) is 42.1 Å². The van der Waals surface area contributed by atoms with Crippen LogP contribution in [-0.2, 0) is 21.3 Å². The normalized spacial score (nSPS) is 16.3. The first-order valence-corrected chi connectivity index (χ1v) is 13.0. The minimum absolute atomic E-state index is 0.0504. The minimum Gasteiger partial charge on any atom is -0.377 e. The molecule has 180 valence electrons. The van der Waals surface area contributed by atoms with E-state index in [2.05, 4.69) is 17.0 Å². The zero-order valence-electron chi connectivity index (χ0n) is 19.6. The van der Waals surface area contributed by atoms with Gasteiger partial charge in [0.15, 0.2) is 5.78 Å². The van der Waals surface area contributed by atoms with Crippen LogP contribution in [0.4, 0.5) is 0 Å². The van der Waals surface area contributed by atoms with Gasteiger partial charge in [0.05, 0.1) is 17.5 Å². The molecular weight excluding hydrogens is 450 g/mol. The number of hydrogen-bond acceptors (Lipinski definition) is 5. The van der Waals surface area contributed by atoms with Gasteiger partial charge < -0.3 is 9.30 Å². The maximum Gasteiger partial charge on any atom is 0.238 e. The number of Topliss-reactive ketones (excluding diaryl/α,β-unsaturated/α-hetero) is 1. The molecule has 34 heavy (non-hydrogen) atoms. The highest BCUT2D eigenvalue weighted by atomic mass is 32.2. The molecule has 3 aromatic rings. The van der Waals surface area contributed by atoms with Crippen molar-refractivity contribution in [3.8, 4) is 5.69 Å². The summed E-state index contributed by atoms with van der Waals surface area (Å²) in [7, 11) is -3.76. The zero-order chi connectivity index (χ0) is 24.3. The lowest BCUT2D eigenvalue weighted by molar-refractivity contribution is 0.0650. The average Bonchev–Trinajstić information content (AvgIpc) is 3.41. The maximum atomic E-state index is 13.4. The van der Waals surface area contributed by atoms with E-state index in [1.165, 1.54) is 12.1 Å². The predicted octanol–water partition coefficient (Wildman–Crippen LogP) is 3.61. The Labute approximate surface area is 201 Å². The Kier molecular flexibility index (Phi) is 7.33. The molecule has 2 aromatic carbocycles. The van der Waals surface area contributed by atoms with Gasteiger partial charge >= 0.3 is 0 Å². The summed E-state index contributed by atoms with van der Waals surface area (Å²) in [5, 5.41) is 5.22. The first-order chi connectivity index (χ1) is 16.2. The summed E-state index contributed by atoms with van der Waals surface area (Å²) in [5.41, 5.74) is 4.33. The van der Waals surface area contributed by atoms with Crippen LogP contribution in [0.3, 0.4) is 0 Å². The first-order valence-electron chi connectivity index (χ1n) is 11.5. The Balaban J connectivity index is 1.56. The van der Waals surface area contributed by atoms with E-state index in [0.29, 0.717) is 25.2 Å². The molecule has 7 nitrogen and oxygen atoms in total. The van der Waals surface area contributed by atoms with Crippen molar-refractivity contribution in [2.75, 3.05) is 19.7 Å². The number of rotatable bonds is 9. The number of primary sulfonamides is 1. The number of hydrogen-bond donors (Lipinski definition) is 1. The van der Waals surface area contributed by atoms with Crippen molar-refractivity contribution in [3.63, 3.8) is 0 Å². The van der Waals surface area contributed by atoms with E-state index < -0.39 is 10.0 Å². The molecule has 0 amide bonds. The molecule has 0 bridgehead atoms. The van der Waals surface area contributed by atoms with Crippen molar-refractivity contribution < 1.29 is 17.9 Å². The molecule has 4 rings (SSSR count). The van der Waals surface area contributed by atoms with E-state index >= 15 is 0 Å². The zero-order valence-corrected chi connectivity index (χ0v) is 20.4. The van der Waals surface area contributed by atoms with Crippen molar-refractivity contribution in [1.82, 2.24) is 9.47 Å². The molecule has 2 N–H and O–H groups in total. The van der Waals surface area contributed by atoms with Gasteiger partial charge in [0, 0.05) is 42.3 Å². The van der Waals surface area contributed by atoms with Crippen LogP contribution in [0.5, 0.6) is 0 Å². The van der Waals surface area contributed by atoms with Gasteiger partial charge in [-0.2, -0.15) is 0 Å². The maximum absolute atomic E-state index is 13.4. The number of ketones is 1. The summed E-state index contributed by atoms with van der Waals surface area (Å²) in [6, 6.07) is 18.4. The summed E-state index contributed by atoms with van der Waals surface area (Å²) >= 11 is 0. The first kappa shape index (κ1) is 24.3. The minimum atomic E-state index is -3.76. The lowest BCUT2D eigenvalue weighted by Gasteiger charge is -2.24. The van der Waals surface area contributed by atoms with Crippen LogP contribution >= 0.6 is 0 Å². The lowest BCUT2D eigenvalue weighted by Crippen LogP contribution is -2.36. The second-order valence-corrected chi connectivity index (χ2v) is 10.4. The second kappa shape index (κ2) is 10.2. The van der Waals surface area contributed by atoms with Crippen molar-refractivity contribution in [3.05, 3.63) is 83.2 Å². The summed E-state index contributed by atoms with van der Waals surface area (Å²) in [5.74, 6) is 0.0504. The lowest BCUT2D eigenvalue weighted by atomic mass is 10.1. The monoisotopic (exact) mass is 481 g/mol. The highest BCUT2D eigenvalue weighted by Crippen LogP contribution is 2.23. The SMILES string of the molecule is Cc1cc(C(=O)CN(Cc2ccccc2)CC2CCCO2)c(C)n1-c1ccc(S(N)(=O)=O)cc1. The smallest absolute Gasteiger partial charge is 0.238 e. The Hall–Kier alpha value is -2.78. The fourth-order valence-corrected chi connectivity index (χ4v) is 5.13. The number of carbonyl (C=O) groups excluding carboxylic acids is 1. The third kappa shape index (κ3) is 5.64. The van der Waals surface area contributed by atoms with Gasteiger partial charge in [0.2, 0.25) is 10.0 Å². The van der Waals surface area contributed by atoms with Crippen LogP contribution in [-0.4, -0.2) is 49.5 Å². The van der Waals surface area contributed by atoms with Crippen molar-refractivity contribution >= 4 is 15.8 Å². The van der Waals surface area contributed by atoms with E-state index in [4.69, 9.17) is 9.88 Å². The van der Waals surface area contributed by atoms with Crippen molar-refractivity contribution in [2.45, 2.75) is 44.2 Å². The van der Waals surface area contributed by atoms with Crippen LogP contribution in [0.15, 0.2) is 65.6 Å². The number of aromatic nitrogens is 1. The standard InChI is InChI=1S/C26H31N3O4S/c1-19-15-25(20(2)29(19)22-10-12-24(13-11-22)34(27,31)32)26(30)18-28(17-23-9-6-14-33-23)16-21-7-4-3-5-8-21/h3-5,7-8,10-13,15,23H,6,9,14,16-18H2,1-2H3,(H2,27,31,32). The number of benzene rings is 2. The summed E-state index contributed by atoms with van der Waals surface area (Å²) < 4.78 is 31.0. The number of ether oxygens (including phenoxy) is 1. The number of carbonyl (C=O) groups is 1. The molecule has 8 heteroatoms. The molecule has 1 aromatic heterocycles. The van der Waals surface area contributed by atoms with Gasteiger partial charge in [-0.3, -0.25) is 9.69 Å². The number of nitrogens with zero attached hydrogens (tertiary/aromatic N) is 2. The molecule has 1 atom stereocenters.